The molecular weight excluding hydrogens is 424 g/mol. The Morgan fingerprint density at radius 3 is 2.38 bits per heavy atom. The van der Waals surface area contributed by atoms with Crippen molar-refractivity contribution in [3.8, 4) is 11.8 Å². The second-order valence-corrected chi connectivity index (χ2v) is 8.89. The van der Waals surface area contributed by atoms with Crippen LogP contribution < -0.4 is 0 Å². The summed E-state index contributed by atoms with van der Waals surface area (Å²) < 4.78 is 0. The first kappa shape index (κ1) is 22.3. The van der Waals surface area contributed by atoms with Crippen molar-refractivity contribution in [2.24, 2.45) is 0 Å². The summed E-state index contributed by atoms with van der Waals surface area (Å²) in [5.41, 5.74) is 3.63. The lowest BCUT2D eigenvalue weighted by atomic mass is 9.74. The molecule has 2 aliphatic heterocycles. The molecule has 0 saturated carbocycles. The topological polar surface area (TPSA) is 69.6 Å². The molecule has 2 aliphatic rings. The molecule has 5 rings (SSSR count). The molecule has 2 aromatic heterocycles. The van der Waals surface area contributed by atoms with E-state index < -0.39 is 0 Å². The van der Waals surface area contributed by atoms with Gasteiger partial charge in [-0.2, -0.15) is 0 Å². The summed E-state index contributed by atoms with van der Waals surface area (Å²) in [4.78, 5) is 25.7. The predicted molar refractivity (Wildman–Crippen MR) is 130 cm³/mol. The lowest BCUT2D eigenvalue weighted by molar-refractivity contribution is -0.0606. The Morgan fingerprint density at radius 1 is 0.941 bits per heavy atom. The minimum Gasteiger partial charge on any atom is -0.395 e. The van der Waals surface area contributed by atoms with Crippen LogP contribution in [0.1, 0.15) is 45.8 Å². The van der Waals surface area contributed by atoms with E-state index in [1.54, 1.807) is 30.9 Å². The van der Waals surface area contributed by atoms with Gasteiger partial charge in [0, 0.05) is 67.0 Å². The van der Waals surface area contributed by atoms with Gasteiger partial charge in [-0.15, -0.1) is 0 Å². The third-order valence-corrected chi connectivity index (χ3v) is 6.87. The second-order valence-electron chi connectivity index (χ2n) is 8.89. The van der Waals surface area contributed by atoms with E-state index in [2.05, 4.69) is 38.8 Å². The van der Waals surface area contributed by atoms with Crippen molar-refractivity contribution < 1.29 is 9.90 Å². The van der Waals surface area contributed by atoms with Gasteiger partial charge in [0.2, 0.25) is 0 Å². The molecule has 0 aliphatic carbocycles. The molecule has 0 radical (unpaired) electrons. The maximum absolute atomic E-state index is 13.2. The van der Waals surface area contributed by atoms with Crippen LogP contribution in [0.5, 0.6) is 0 Å². The van der Waals surface area contributed by atoms with Crippen molar-refractivity contribution in [2.75, 3.05) is 26.2 Å². The van der Waals surface area contributed by atoms with Crippen molar-refractivity contribution >= 4 is 5.91 Å². The first-order valence-corrected chi connectivity index (χ1v) is 11.8. The van der Waals surface area contributed by atoms with Crippen LogP contribution in [0.4, 0.5) is 0 Å². The number of aliphatic hydroxyl groups excluding tert-OH is 1. The highest BCUT2D eigenvalue weighted by Gasteiger charge is 2.49. The number of nitrogens with zero attached hydrogens (tertiary/aromatic N) is 4. The summed E-state index contributed by atoms with van der Waals surface area (Å²) in [6.07, 6.45) is 8.79. The molecule has 2 fully saturated rings. The Bertz CT molecular complexity index is 1170. The van der Waals surface area contributed by atoms with Crippen molar-refractivity contribution in [3.63, 3.8) is 0 Å². The van der Waals surface area contributed by atoms with E-state index in [0.717, 1.165) is 37.1 Å². The molecule has 6 nitrogen and oxygen atoms in total. The van der Waals surface area contributed by atoms with Crippen LogP contribution >= 0.6 is 0 Å². The van der Waals surface area contributed by atoms with Gasteiger partial charge < -0.3 is 10.0 Å². The van der Waals surface area contributed by atoms with Gasteiger partial charge >= 0.3 is 0 Å². The molecular formula is C28H28N4O2. The van der Waals surface area contributed by atoms with Crippen LogP contribution in [0.15, 0.2) is 73.3 Å². The van der Waals surface area contributed by atoms with Crippen molar-refractivity contribution in [1.82, 2.24) is 19.8 Å². The van der Waals surface area contributed by atoms with Gasteiger partial charge in [-0.1, -0.05) is 24.0 Å². The van der Waals surface area contributed by atoms with Gasteiger partial charge in [0.25, 0.3) is 5.91 Å². The fraction of sp³-hybridized carbons (Fsp3) is 0.321. The third kappa shape index (κ3) is 4.58. The number of aromatic nitrogens is 2. The van der Waals surface area contributed by atoms with Crippen LogP contribution in [-0.4, -0.2) is 69.1 Å². The van der Waals surface area contributed by atoms with E-state index >= 15 is 0 Å². The average molecular weight is 453 g/mol. The van der Waals surface area contributed by atoms with Crippen molar-refractivity contribution in [2.45, 2.75) is 30.8 Å². The van der Waals surface area contributed by atoms with Crippen LogP contribution in [0.25, 0.3) is 0 Å². The number of fused-ring (bicyclic) bond motifs is 1. The standard InChI is InChI=1S/C28H28N4O2/c33-20-26-27(23-11-9-21(10-12-23)7-8-22-5-3-13-29-17-22)25-19-31(15-1-2-16-32(25)26)28(34)24-6-4-14-30-18-24/h3-6,9-14,17-18,25-27,33H,1-2,15-16,19-20H2/t25-,26+,27-/m1/s1. The number of benzene rings is 1. The molecule has 3 aromatic rings. The highest BCUT2D eigenvalue weighted by Crippen LogP contribution is 2.42. The monoisotopic (exact) mass is 452 g/mol. The summed E-state index contributed by atoms with van der Waals surface area (Å²) in [5.74, 6) is 6.54. The molecule has 4 heterocycles. The van der Waals surface area contributed by atoms with Crippen LogP contribution in [-0.2, 0) is 0 Å². The fourth-order valence-electron chi connectivity index (χ4n) is 5.17. The predicted octanol–water partition coefficient (Wildman–Crippen LogP) is 2.94. The average Bonchev–Trinajstić information content (AvgIpc) is 2.88. The number of carbonyl (C=O) groups excluding carboxylic acids is 1. The summed E-state index contributed by atoms with van der Waals surface area (Å²) in [6, 6.07) is 16.0. The molecule has 1 N–H and O–H groups in total. The smallest absolute Gasteiger partial charge is 0.255 e. The fourth-order valence-corrected chi connectivity index (χ4v) is 5.17. The molecule has 172 valence electrons. The first-order chi connectivity index (χ1) is 16.7. The minimum atomic E-state index is 0.0298. The van der Waals surface area contributed by atoms with Gasteiger partial charge in [-0.3, -0.25) is 19.7 Å². The Labute approximate surface area is 200 Å². The zero-order valence-corrected chi connectivity index (χ0v) is 19.0. The Morgan fingerprint density at radius 2 is 1.68 bits per heavy atom. The molecule has 1 amide bonds. The highest BCUT2D eigenvalue weighted by atomic mass is 16.3. The van der Waals surface area contributed by atoms with E-state index in [-0.39, 0.29) is 30.5 Å². The molecule has 0 bridgehead atoms. The number of carbonyl (C=O) groups is 1. The highest BCUT2D eigenvalue weighted by molar-refractivity contribution is 5.93. The SMILES string of the molecule is O=C(c1cccnc1)N1CCCCN2[C@H](C1)[C@@H](c1ccc(C#Cc3cccnc3)cc1)[C@@H]2CO. The second kappa shape index (κ2) is 10.2. The van der Waals surface area contributed by atoms with Crippen LogP contribution in [0, 0.1) is 11.8 Å². The molecule has 3 atom stereocenters. The third-order valence-electron chi connectivity index (χ3n) is 6.87. The van der Waals surface area contributed by atoms with Gasteiger partial charge in [0.1, 0.15) is 0 Å². The zero-order valence-electron chi connectivity index (χ0n) is 19.0. The molecule has 6 heteroatoms. The molecule has 0 unspecified atom stereocenters. The lowest BCUT2D eigenvalue weighted by Gasteiger charge is -2.57. The number of rotatable bonds is 3. The van der Waals surface area contributed by atoms with E-state index in [1.807, 2.05) is 35.2 Å². The molecule has 2 saturated heterocycles. The van der Waals surface area contributed by atoms with Gasteiger partial charge in [-0.05, 0) is 61.3 Å². The largest absolute Gasteiger partial charge is 0.395 e. The van der Waals surface area contributed by atoms with E-state index in [9.17, 15) is 9.90 Å². The Kier molecular flexibility index (Phi) is 6.66. The summed E-state index contributed by atoms with van der Waals surface area (Å²) in [5, 5.41) is 10.2. The summed E-state index contributed by atoms with van der Waals surface area (Å²) in [6.45, 7) is 2.46. The van der Waals surface area contributed by atoms with Crippen molar-refractivity contribution in [1.29, 1.82) is 0 Å². The zero-order chi connectivity index (χ0) is 23.3. The first-order valence-electron chi connectivity index (χ1n) is 11.8. The number of amides is 1. The molecule has 1 aromatic carbocycles. The number of hydrogen-bond donors (Lipinski definition) is 1. The lowest BCUT2D eigenvalue weighted by Crippen LogP contribution is -2.67. The van der Waals surface area contributed by atoms with E-state index in [4.69, 9.17) is 0 Å². The quantitative estimate of drug-likeness (QED) is 0.619. The van der Waals surface area contributed by atoms with E-state index in [1.165, 1.54) is 5.56 Å². The van der Waals surface area contributed by atoms with Crippen molar-refractivity contribution in [3.05, 3.63) is 95.6 Å². The maximum Gasteiger partial charge on any atom is 0.255 e. The van der Waals surface area contributed by atoms with Crippen LogP contribution in [0.3, 0.4) is 0 Å². The normalized spacial score (nSPS) is 22.4. The number of aliphatic hydroxyl groups is 1. The molecule has 0 spiro atoms. The van der Waals surface area contributed by atoms with Gasteiger partial charge in [-0.25, -0.2) is 0 Å². The maximum atomic E-state index is 13.2. The van der Waals surface area contributed by atoms with Gasteiger partial charge in [0.05, 0.1) is 12.2 Å². The van der Waals surface area contributed by atoms with Gasteiger partial charge in [0.15, 0.2) is 0 Å². The minimum absolute atomic E-state index is 0.0298. The Hall–Kier alpha value is -3.53. The Balaban J connectivity index is 1.35. The van der Waals surface area contributed by atoms with E-state index in [0.29, 0.717) is 12.1 Å². The molecule has 34 heavy (non-hydrogen) atoms. The summed E-state index contributed by atoms with van der Waals surface area (Å²) in [7, 11) is 0. The van der Waals surface area contributed by atoms with Crippen LogP contribution in [0.2, 0.25) is 0 Å². The number of pyridine rings is 2. The summed E-state index contributed by atoms with van der Waals surface area (Å²) >= 11 is 0. The number of hydrogen-bond acceptors (Lipinski definition) is 5.